The number of hydrogen-bond acceptors (Lipinski definition) is 7. The van der Waals surface area contributed by atoms with Crippen LogP contribution in [0.5, 0.6) is 0 Å². The van der Waals surface area contributed by atoms with Crippen molar-refractivity contribution in [2.24, 2.45) is 11.8 Å². The van der Waals surface area contributed by atoms with E-state index in [9.17, 15) is 0 Å². The Morgan fingerprint density at radius 2 is 1.82 bits per heavy atom. The smallest absolute Gasteiger partial charge is 0.167 e. The zero-order chi connectivity index (χ0) is 19.8. The fourth-order valence-corrected chi connectivity index (χ4v) is 4.87. The van der Waals surface area contributed by atoms with E-state index in [2.05, 4.69) is 45.3 Å². The van der Waals surface area contributed by atoms with E-state index in [1.807, 2.05) is 6.92 Å². The minimum atomic E-state index is -0.135. The maximum Gasteiger partial charge on any atom is 0.167 e. The lowest BCUT2D eigenvalue weighted by molar-refractivity contribution is -0.0460. The fraction of sp³-hybridized carbons (Fsp3) is 1.00. The van der Waals surface area contributed by atoms with Crippen LogP contribution in [-0.4, -0.2) is 62.7 Å². The highest BCUT2D eigenvalue weighted by Crippen LogP contribution is 2.30. The minimum absolute atomic E-state index is 0.0540. The SMILES string of the molecule is CCOC1NC(NCCCN2CCCC2)NC(NC2CCCC(C(C)C)C2)N1. The first-order valence-electron chi connectivity index (χ1n) is 11.8. The molecule has 1 saturated carbocycles. The Bertz CT molecular complexity index is 431. The molecule has 0 amide bonds. The van der Waals surface area contributed by atoms with Gasteiger partial charge in [-0.2, -0.15) is 0 Å². The van der Waals surface area contributed by atoms with Crippen LogP contribution < -0.4 is 26.6 Å². The van der Waals surface area contributed by atoms with Crippen LogP contribution in [0.1, 0.15) is 65.7 Å². The number of likely N-dealkylation sites (tertiary alicyclic amines) is 1. The van der Waals surface area contributed by atoms with E-state index in [1.54, 1.807) is 0 Å². The zero-order valence-electron chi connectivity index (χ0n) is 18.3. The van der Waals surface area contributed by atoms with Crippen molar-refractivity contribution in [1.82, 2.24) is 31.5 Å². The van der Waals surface area contributed by atoms with E-state index < -0.39 is 0 Å². The highest BCUT2D eigenvalue weighted by molar-refractivity contribution is 4.84. The van der Waals surface area contributed by atoms with Gasteiger partial charge in [0.25, 0.3) is 0 Å². The van der Waals surface area contributed by atoms with Crippen molar-refractivity contribution in [2.75, 3.05) is 32.8 Å². The molecule has 2 saturated heterocycles. The standard InChI is InChI=1S/C21H44N6O/c1-4-28-21-25-19(22-11-8-14-27-12-5-6-13-27)24-20(26-21)23-18-10-7-9-17(15-18)16(2)3/h16-26H,4-15H2,1-3H3. The number of nitrogens with one attached hydrogen (secondary N) is 5. The van der Waals surface area contributed by atoms with E-state index in [-0.39, 0.29) is 18.9 Å². The molecular weight excluding hydrogens is 352 g/mol. The third kappa shape index (κ3) is 7.20. The van der Waals surface area contributed by atoms with Gasteiger partial charge in [0.2, 0.25) is 0 Å². The summed E-state index contributed by atoms with van der Waals surface area (Å²) in [5, 5.41) is 18.0. The van der Waals surface area contributed by atoms with Crippen LogP contribution in [0.3, 0.4) is 0 Å². The molecule has 7 nitrogen and oxygen atoms in total. The Labute approximate surface area is 172 Å². The molecule has 28 heavy (non-hydrogen) atoms. The van der Waals surface area contributed by atoms with Crippen molar-refractivity contribution in [1.29, 1.82) is 0 Å². The predicted octanol–water partition coefficient (Wildman–Crippen LogP) is 1.54. The second-order valence-corrected chi connectivity index (χ2v) is 9.09. The van der Waals surface area contributed by atoms with Crippen molar-refractivity contribution >= 4 is 0 Å². The van der Waals surface area contributed by atoms with E-state index in [0.29, 0.717) is 12.6 Å². The van der Waals surface area contributed by atoms with Gasteiger partial charge < -0.3 is 9.64 Å². The first-order valence-corrected chi connectivity index (χ1v) is 11.8. The van der Waals surface area contributed by atoms with Gasteiger partial charge in [-0.3, -0.25) is 26.6 Å². The minimum Gasteiger partial charge on any atom is -0.350 e. The molecule has 2 aliphatic heterocycles. The molecule has 2 heterocycles. The van der Waals surface area contributed by atoms with Crippen LogP contribution in [0.2, 0.25) is 0 Å². The molecule has 5 N–H and O–H groups in total. The molecular formula is C21H44N6O. The lowest BCUT2D eigenvalue weighted by atomic mass is 9.79. The number of nitrogens with zero attached hydrogens (tertiary/aromatic N) is 1. The van der Waals surface area contributed by atoms with Gasteiger partial charge in [-0.1, -0.05) is 26.7 Å². The predicted molar refractivity (Wildman–Crippen MR) is 114 cm³/mol. The Hall–Kier alpha value is -0.280. The summed E-state index contributed by atoms with van der Waals surface area (Å²) >= 11 is 0. The molecule has 5 unspecified atom stereocenters. The maximum absolute atomic E-state index is 5.83. The summed E-state index contributed by atoms with van der Waals surface area (Å²) in [6.45, 7) is 12.2. The van der Waals surface area contributed by atoms with Crippen molar-refractivity contribution in [3.8, 4) is 0 Å². The van der Waals surface area contributed by atoms with E-state index in [4.69, 9.17) is 4.74 Å². The average Bonchev–Trinajstić information content (AvgIpc) is 3.19. The average molecular weight is 397 g/mol. The maximum atomic E-state index is 5.83. The van der Waals surface area contributed by atoms with Gasteiger partial charge in [0.05, 0.1) is 0 Å². The van der Waals surface area contributed by atoms with E-state index in [0.717, 1.165) is 18.4 Å². The molecule has 7 heteroatoms. The van der Waals surface area contributed by atoms with Crippen LogP contribution in [0, 0.1) is 11.8 Å². The Kier molecular flexibility index (Phi) is 9.43. The van der Waals surface area contributed by atoms with Crippen molar-refractivity contribution in [3.05, 3.63) is 0 Å². The summed E-state index contributed by atoms with van der Waals surface area (Å²) in [7, 11) is 0. The summed E-state index contributed by atoms with van der Waals surface area (Å²) in [6, 6.07) is 0.572. The second-order valence-electron chi connectivity index (χ2n) is 9.09. The molecule has 0 bridgehead atoms. The van der Waals surface area contributed by atoms with Crippen LogP contribution >= 0.6 is 0 Å². The topological polar surface area (TPSA) is 72.6 Å². The van der Waals surface area contributed by atoms with Crippen molar-refractivity contribution in [3.63, 3.8) is 0 Å². The third-order valence-corrected chi connectivity index (χ3v) is 6.56. The van der Waals surface area contributed by atoms with Gasteiger partial charge in [-0.05, 0) is 77.0 Å². The molecule has 0 spiro atoms. The highest BCUT2D eigenvalue weighted by atomic mass is 16.5. The Morgan fingerprint density at radius 1 is 1.04 bits per heavy atom. The quantitative estimate of drug-likeness (QED) is 0.359. The lowest BCUT2D eigenvalue weighted by Crippen LogP contribution is -2.75. The first kappa shape index (κ1) is 22.4. The molecule has 0 aromatic rings. The van der Waals surface area contributed by atoms with Gasteiger partial charge in [0.15, 0.2) is 6.35 Å². The van der Waals surface area contributed by atoms with Crippen LogP contribution in [-0.2, 0) is 4.74 Å². The molecule has 3 rings (SSSR count). The van der Waals surface area contributed by atoms with Crippen LogP contribution in [0.4, 0.5) is 0 Å². The molecule has 3 aliphatic rings. The molecule has 1 aliphatic carbocycles. The molecule has 0 aromatic heterocycles. The zero-order valence-corrected chi connectivity index (χ0v) is 18.3. The van der Waals surface area contributed by atoms with Crippen LogP contribution in [0.25, 0.3) is 0 Å². The van der Waals surface area contributed by atoms with E-state index >= 15 is 0 Å². The van der Waals surface area contributed by atoms with Gasteiger partial charge in [0, 0.05) is 12.6 Å². The Balaban J connectivity index is 1.42. The third-order valence-electron chi connectivity index (χ3n) is 6.56. The normalized spacial score (nSPS) is 34.9. The summed E-state index contributed by atoms with van der Waals surface area (Å²) in [5.74, 6) is 1.62. The molecule has 0 aromatic carbocycles. The van der Waals surface area contributed by atoms with E-state index in [1.165, 1.54) is 64.6 Å². The molecule has 164 valence electrons. The van der Waals surface area contributed by atoms with Gasteiger partial charge in [-0.15, -0.1) is 0 Å². The molecule has 5 atom stereocenters. The monoisotopic (exact) mass is 396 g/mol. The van der Waals surface area contributed by atoms with Gasteiger partial charge in [-0.25, -0.2) is 0 Å². The van der Waals surface area contributed by atoms with Gasteiger partial charge in [0.1, 0.15) is 12.6 Å². The number of hydrogen-bond donors (Lipinski definition) is 5. The van der Waals surface area contributed by atoms with Crippen LogP contribution in [0.15, 0.2) is 0 Å². The summed E-state index contributed by atoms with van der Waals surface area (Å²) in [6.07, 6.45) is 9.16. The Morgan fingerprint density at radius 3 is 2.57 bits per heavy atom. The lowest BCUT2D eigenvalue weighted by Gasteiger charge is -2.42. The fourth-order valence-electron chi connectivity index (χ4n) is 4.87. The number of rotatable bonds is 10. The van der Waals surface area contributed by atoms with Gasteiger partial charge >= 0.3 is 0 Å². The molecule has 3 fully saturated rings. The highest BCUT2D eigenvalue weighted by Gasteiger charge is 2.30. The second kappa shape index (κ2) is 11.8. The largest absolute Gasteiger partial charge is 0.350 e. The summed E-state index contributed by atoms with van der Waals surface area (Å²) < 4.78 is 5.83. The first-order chi connectivity index (χ1) is 13.6. The molecule has 0 radical (unpaired) electrons. The number of ether oxygens (including phenoxy) is 1. The van der Waals surface area contributed by atoms with Crippen molar-refractivity contribution in [2.45, 2.75) is 90.7 Å². The summed E-state index contributed by atoms with van der Waals surface area (Å²) in [5.41, 5.74) is 0. The van der Waals surface area contributed by atoms with Crippen molar-refractivity contribution < 1.29 is 4.74 Å². The summed E-state index contributed by atoms with van der Waals surface area (Å²) in [4.78, 5) is 2.58.